The number of ether oxygens (including phenoxy) is 9. The molecule has 1 aliphatic heterocycles. The van der Waals surface area contributed by atoms with Gasteiger partial charge >= 0.3 is 18.4 Å². The topological polar surface area (TPSA) is 153 Å². The van der Waals surface area contributed by atoms with Gasteiger partial charge in [-0.05, 0) is 29.7 Å². The Morgan fingerprint density at radius 2 is 1.39 bits per heavy atom. The molecule has 0 bridgehead atoms. The van der Waals surface area contributed by atoms with E-state index in [-0.39, 0.29) is 49.6 Å². The third-order valence-corrected chi connectivity index (χ3v) is 7.29. The van der Waals surface area contributed by atoms with Gasteiger partial charge in [0.2, 0.25) is 0 Å². The van der Waals surface area contributed by atoms with Crippen LogP contribution in [0, 0.1) is 0 Å². The highest BCUT2D eigenvalue weighted by molar-refractivity contribution is 5.94. The summed E-state index contributed by atoms with van der Waals surface area (Å²) in [5.41, 5.74) is -1.35. The number of pyridine rings is 1. The minimum atomic E-state index is -4.61. The van der Waals surface area contributed by atoms with Gasteiger partial charge in [0, 0.05) is 29.4 Å². The van der Waals surface area contributed by atoms with Crippen LogP contribution in [0.25, 0.3) is 22.0 Å². The lowest BCUT2D eigenvalue weighted by atomic mass is 10.0. The molecule has 2 aromatic carbocycles. The summed E-state index contributed by atoms with van der Waals surface area (Å²) < 4.78 is 87.6. The Morgan fingerprint density at radius 1 is 0.804 bits per heavy atom. The molecule has 14 nitrogen and oxygen atoms in total. The maximum atomic E-state index is 13.5. The van der Waals surface area contributed by atoms with Crippen LogP contribution in [0.15, 0.2) is 53.3 Å². The Labute approximate surface area is 291 Å². The zero-order chi connectivity index (χ0) is 36.5. The van der Waals surface area contributed by atoms with E-state index < -0.39 is 35.7 Å². The van der Waals surface area contributed by atoms with Crippen molar-refractivity contribution in [1.82, 2.24) is 4.98 Å². The average Bonchev–Trinajstić information content (AvgIpc) is 3.49. The molecular formula is C34H41F3N2O12. The van der Waals surface area contributed by atoms with Crippen LogP contribution in [0.2, 0.25) is 0 Å². The van der Waals surface area contributed by atoms with Crippen LogP contribution in [0.5, 0.6) is 0 Å². The van der Waals surface area contributed by atoms with Gasteiger partial charge in [0.15, 0.2) is 6.10 Å². The molecule has 1 unspecified atom stereocenters. The summed E-state index contributed by atoms with van der Waals surface area (Å²) in [7, 11) is 1.61. The van der Waals surface area contributed by atoms with Gasteiger partial charge in [-0.2, -0.15) is 13.2 Å². The number of nitrogens with zero attached hydrogens (tertiary/aromatic N) is 1. The lowest BCUT2D eigenvalue weighted by Gasteiger charge is -2.15. The number of carbonyl (C=O) groups is 2. The molecule has 17 heteroatoms. The smallest absolute Gasteiger partial charge is 0.440 e. The Kier molecular flexibility index (Phi) is 15.9. The second-order valence-corrected chi connectivity index (χ2v) is 10.9. The molecule has 0 saturated carbocycles. The third kappa shape index (κ3) is 12.8. The number of rotatable bonds is 22. The van der Waals surface area contributed by atoms with Gasteiger partial charge in [-0.25, -0.2) is 9.59 Å². The number of aromatic amines is 1. The van der Waals surface area contributed by atoms with Crippen molar-refractivity contribution < 1.29 is 65.4 Å². The number of aromatic nitrogens is 1. The zero-order valence-electron chi connectivity index (χ0n) is 28.1. The predicted molar refractivity (Wildman–Crippen MR) is 176 cm³/mol. The van der Waals surface area contributed by atoms with Crippen molar-refractivity contribution in [2.75, 3.05) is 104 Å². The van der Waals surface area contributed by atoms with Crippen molar-refractivity contribution in [3.63, 3.8) is 0 Å². The van der Waals surface area contributed by atoms with Crippen molar-refractivity contribution in [1.29, 1.82) is 0 Å². The molecule has 1 saturated heterocycles. The van der Waals surface area contributed by atoms with Gasteiger partial charge in [0.25, 0.3) is 5.56 Å². The first-order chi connectivity index (χ1) is 24.7. The number of H-pyrrole nitrogens is 1. The van der Waals surface area contributed by atoms with E-state index in [9.17, 15) is 27.6 Å². The van der Waals surface area contributed by atoms with E-state index in [2.05, 4.69) is 4.98 Å². The summed E-state index contributed by atoms with van der Waals surface area (Å²) in [6.07, 6.45) is -7.12. The van der Waals surface area contributed by atoms with Crippen LogP contribution in [0.1, 0.15) is 5.56 Å². The predicted octanol–water partition coefficient (Wildman–Crippen LogP) is 4.42. The molecule has 2 heterocycles. The second kappa shape index (κ2) is 20.6. The van der Waals surface area contributed by atoms with E-state index in [1.54, 1.807) is 13.2 Å². The monoisotopic (exact) mass is 726 g/mol. The normalized spacial score (nSPS) is 14.6. The molecule has 280 valence electrons. The van der Waals surface area contributed by atoms with Gasteiger partial charge in [0.05, 0.1) is 84.8 Å². The number of hydrogen-bond donors (Lipinski definition) is 1. The van der Waals surface area contributed by atoms with E-state index in [1.807, 2.05) is 0 Å². The Bertz CT molecular complexity index is 1600. The molecule has 51 heavy (non-hydrogen) atoms. The number of cyclic esters (lactones) is 1. The molecule has 0 aliphatic carbocycles. The van der Waals surface area contributed by atoms with Crippen LogP contribution in [-0.4, -0.2) is 123 Å². The van der Waals surface area contributed by atoms with Crippen LogP contribution in [0.4, 0.5) is 28.4 Å². The highest BCUT2D eigenvalue weighted by Gasteiger charge is 2.35. The number of fused-ring (bicyclic) bond motifs is 1. The van der Waals surface area contributed by atoms with Crippen molar-refractivity contribution in [3.05, 3.63) is 64.4 Å². The molecule has 1 aromatic heterocycles. The van der Waals surface area contributed by atoms with Gasteiger partial charge in [-0.3, -0.25) is 9.69 Å². The fraction of sp³-hybridized carbons (Fsp3) is 0.500. The molecule has 1 fully saturated rings. The molecule has 0 radical (unpaired) electrons. The highest BCUT2D eigenvalue weighted by atomic mass is 19.4. The number of hydrogen-bond acceptors (Lipinski definition) is 12. The van der Waals surface area contributed by atoms with Gasteiger partial charge in [0.1, 0.15) is 13.2 Å². The van der Waals surface area contributed by atoms with Crippen molar-refractivity contribution in [3.8, 4) is 11.3 Å². The van der Waals surface area contributed by atoms with E-state index in [4.69, 9.17) is 42.6 Å². The number of nitrogens with one attached hydrogen (secondary N) is 1. The van der Waals surface area contributed by atoms with E-state index in [1.165, 1.54) is 41.3 Å². The van der Waals surface area contributed by atoms with Crippen molar-refractivity contribution in [2.24, 2.45) is 0 Å². The van der Waals surface area contributed by atoms with E-state index in [0.29, 0.717) is 70.5 Å². The van der Waals surface area contributed by atoms with E-state index in [0.717, 1.165) is 6.07 Å². The van der Waals surface area contributed by atoms with Crippen molar-refractivity contribution >= 4 is 28.7 Å². The van der Waals surface area contributed by atoms with E-state index >= 15 is 0 Å². The molecule has 1 aliphatic rings. The first kappa shape index (κ1) is 39.5. The fourth-order valence-corrected chi connectivity index (χ4v) is 4.86. The van der Waals surface area contributed by atoms with Crippen molar-refractivity contribution in [2.45, 2.75) is 12.3 Å². The van der Waals surface area contributed by atoms with Gasteiger partial charge in [-0.15, -0.1) is 0 Å². The minimum Gasteiger partial charge on any atom is -0.440 e. The summed E-state index contributed by atoms with van der Waals surface area (Å²) in [5, 5.41) is 0.536. The van der Waals surface area contributed by atoms with Gasteiger partial charge in [-0.1, -0.05) is 24.3 Å². The number of methoxy groups -OCH3 is 1. The zero-order valence-corrected chi connectivity index (χ0v) is 28.1. The van der Waals surface area contributed by atoms with Crippen LogP contribution < -0.4 is 10.5 Å². The Hall–Kier alpha value is -4.26. The lowest BCUT2D eigenvalue weighted by Crippen LogP contribution is -2.27. The van der Waals surface area contributed by atoms with Crippen LogP contribution in [-0.2, 0) is 48.8 Å². The molecular weight excluding hydrogens is 685 g/mol. The fourth-order valence-electron chi connectivity index (χ4n) is 4.86. The number of halogens is 3. The highest BCUT2D eigenvalue weighted by Crippen LogP contribution is 2.36. The summed E-state index contributed by atoms with van der Waals surface area (Å²) in [6, 6.07) is 10.9. The minimum absolute atomic E-state index is 0.00513. The Morgan fingerprint density at radius 3 is 2.00 bits per heavy atom. The molecule has 1 atom stereocenters. The molecule has 4 rings (SSSR count). The number of amides is 1. The standard InChI is InChI=1S/C34H41F3N2O12/c1-43-8-9-44-10-11-45-12-13-46-14-15-47-16-17-48-18-19-49-33(42)50-23-26-22-39(32(41)51-26)25-7-6-24-20-30(38-31(40)28(24)21-25)27-4-2-3-5-29(27)34(35,36)37/h2-7,20-21,26H,8-19,22-23H2,1H3,(H,38,40). The Balaban J connectivity index is 1.08. The first-order valence-corrected chi connectivity index (χ1v) is 16.2. The summed E-state index contributed by atoms with van der Waals surface area (Å²) in [5.74, 6) is 0. The number of carbonyl (C=O) groups excluding carboxylic acids is 2. The lowest BCUT2D eigenvalue weighted by molar-refractivity contribution is -0.137. The second-order valence-electron chi connectivity index (χ2n) is 10.9. The number of anilines is 1. The first-order valence-electron chi connectivity index (χ1n) is 16.2. The summed E-state index contributed by atoms with van der Waals surface area (Å²) in [6.45, 7) is 4.17. The quantitative estimate of drug-likeness (QED) is 0.115. The van der Waals surface area contributed by atoms with Crippen LogP contribution >= 0.6 is 0 Å². The molecule has 1 N–H and O–H groups in total. The largest absolute Gasteiger partial charge is 0.508 e. The average molecular weight is 727 g/mol. The third-order valence-electron chi connectivity index (χ3n) is 7.29. The summed E-state index contributed by atoms with van der Waals surface area (Å²) in [4.78, 5) is 41.2. The SMILES string of the molecule is COCCOCCOCCOCCOCCOCCOC(=O)OCC1CN(c2ccc3cc(-c4ccccc4C(F)(F)F)[nH]c(=O)c3c2)C(=O)O1. The molecule has 1 amide bonds. The number of benzene rings is 2. The summed E-state index contributed by atoms with van der Waals surface area (Å²) >= 11 is 0. The maximum absolute atomic E-state index is 13.5. The van der Waals surface area contributed by atoms with Gasteiger partial charge < -0.3 is 47.6 Å². The maximum Gasteiger partial charge on any atom is 0.508 e. The molecule has 3 aromatic rings. The number of alkyl halides is 3. The van der Waals surface area contributed by atoms with Crippen LogP contribution in [0.3, 0.4) is 0 Å². The molecule has 0 spiro atoms.